The van der Waals surface area contributed by atoms with Crippen molar-refractivity contribution < 1.29 is 4.74 Å². The summed E-state index contributed by atoms with van der Waals surface area (Å²) in [5, 5.41) is 0.418. The van der Waals surface area contributed by atoms with E-state index in [9.17, 15) is 4.79 Å². The number of benzene rings is 1. The van der Waals surface area contributed by atoms with E-state index in [1.807, 2.05) is 64.2 Å². The molecule has 3 aromatic heterocycles. The standard InChI is InChI=1S/C26H25BrClN5O2/c1-14(2)24-29-12-15(3)23(32-24)18-9-10-20(28)21(11-18)33-17(5)31-25(22(27)26(33)34)35-13-19-8-6-7-16(4)30-19/h6-12,14H,13H2,1-5H3. The number of rotatable bonds is 6. The number of hydrogen-bond acceptors (Lipinski definition) is 6. The summed E-state index contributed by atoms with van der Waals surface area (Å²) in [6, 6.07) is 11.2. The first kappa shape index (κ1) is 25.0. The van der Waals surface area contributed by atoms with Gasteiger partial charge in [0.1, 0.15) is 22.7 Å². The minimum atomic E-state index is -0.328. The number of halogens is 2. The fourth-order valence-electron chi connectivity index (χ4n) is 3.64. The van der Waals surface area contributed by atoms with Gasteiger partial charge in [0, 0.05) is 23.4 Å². The molecule has 7 nitrogen and oxygen atoms in total. The number of pyridine rings is 1. The van der Waals surface area contributed by atoms with Crippen LogP contribution in [0.25, 0.3) is 16.9 Å². The molecule has 0 saturated carbocycles. The van der Waals surface area contributed by atoms with Crippen molar-refractivity contribution in [2.45, 2.75) is 47.1 Å². The Hall–Kier alpha value is -3.10. The Bertz CT molecular complexity index is 1470. The van der Waals surface area contributed by atoms with Crippen molar-refractivity contribution in [3.8, 4) is 22.8 Å². The molecule has 0 saturated heterocycles. The van der Waals surface area contributed by atoms with Crippen LogP contribution in [0.4, 0.5) is 0 Å². The zero-order chi connectivity index (χ0) is 25.3. The lowest BCUT2D eigenvalue weighted by molar-refractivity contribution is 0.284. The van der Waals surface area contributed by atoms with Crippen LogP contribution in [0.5, 0.6) is 5.88 Å². The van der Waals surface area contributed by atoms with E-state index in [1.54, 1.807) is 13.0 Å². The largest absolute Gasteiger partial charge is 0.470 e. The first-order valence-corrected chi connectivity index (χ1v) is 12.3. The predicted octanol–water partition coefficient (Wildman–Crippen LogP) is 6.13. The summed E-state index contributed by atoms with van der Waals surface area (Å²) in [6.07, 6.45) is 1.82. The Morgan fingerprint density at radius 3 is 2.57 bits per heavy atom. The summed E-state index contributed by atoms with van der Waals surface area (Å²) >= 11 is 9.93. The molecule has 4 aromatic rings. The van der Waals surface area contributed by atoms with Crippen LogP contribution in [-0.4, -0.2) is 24.5 Å². The third-order valence-electron chi connectivity index (χ3n) is 5.44. The summed E-state index contributed by atoms with van der Waals surface area (Å²) in [5.41, 5.74) is 4.38. The third kappa shape index (κ3) is 5.28. The zero-order valence-electron chi connectivity index (χ0n) is 20.1. The Morgan fingerprint density at radius 1 is 1.09 bits per heavy atom. The highest BCUT2D eigenvalue weighted by Crippen LogP contribution is 2.30. The predicted molar refractivity (Wildman–Crippen MR) is 140 cm³/mol. The number of aryl methyl sites for hydroxylation is 3. The SMILES string of the molecule is Cc1cccc(COc2nc(C)n(-c3cc(-c4nc(C(C)C)ncc4C)ccc3Cl)c(=O)c2Br)n1. The van der Waals surface area contributed by atoms with Crippen molar-refractivity contribution in [2.24, 2.45) is 0 Å². The van der Waals surface area contributed by atoms with Crippen molar-refractivity contribution in [1.82, 2.24) is 24.5 Å². The lowest BCUT2D eigenvalue weighted by Crippen LogP contribution is -2.24. The van der Waals surface area contributed by atoms with Gasteiger partial charge in [-0.25, -0.2) is 9.97 Å². The molecule has 180 valence electrons. The second-order valence-electron chi connectivity index (χ2n) is 8.56. The average Bonchev–Trinajstić information content (AvgIpc) is 2.82. The molecule has 35 heavy (non-hydrogen) atoms. The van der Waals surface area contributed by atoms with Gasteiger partial charge in [-0.1, -0.05) is 37.6 Å². The van der Waals surface area contributed by atoms with Crippen LogP contribution in [-0.2, 0) is 6.61 Å². The van der Waals surface area contributed by atoms with Crippen molar-refractivity contribution >= 4 is 27.5 Å². The highest BCUT2D eigenvalue weighted by Gasteiger charge is 2.19. The van der Waals surface area contributed by atoms with Gasteiger partial charge in [0.25, 0.3) is 5.56 Å². The molecule has 0 aliphatic carbocycles. The molecule has 9 heteroatoms. The van der Waals surface area contributed by atoms with Gasteiger partial charge in [0.2, 0.25) is 5.88 Å². The van der Waals surface area contributed by atoms with Gasteiger partial charge in [-0.05, 0) is 66.5 Å². The molecular formula is C26H25BrClN5O2. The Kier molecular flexibility index (Phi) is 7.33. The number of hydrogen-bond donors (Lipinski definition) is 0. The molecule has 4 rings (SSSR count). The smallest absolute Gasteiger partial charge is 0.276 e. The fourth-order valence-corrected chi connectivity index (χ4v) is 4.22. The van der Waals surface area contributed by atoms with E-state index in [2.05, 4.69) is 30.9 Å². The van der Waals surface area contributed by atoms with Gasteiger partial charge in [-0.15, -0.1) is 0 Å². The lowest BCUT2D eigenvalue weighted by atomic mass is 10.1. The van der Waals surface area contributed by atoms with Gasteiger partial charge in [0.15, 0.2) is 0 Å². The number of nitrogens with zero attached hydrogens (tertiary/aromatic N) is 5. The van der Waals surface area contributed by atoms with Crippen LogP contribution in [0.1, 0.15) is 48.4 Å². The van der Waals surface area contributed by atoms with E-state index in [-0.39, 0.29) is 28.4 Å². The van der Waals surface area contributed by atoms with Crippen molar-refractivity contribution in [3.05, 3.63) is 91.0 Å². The van der Waals surface area contributed by atoms with E-state index in [4.69, 9.17) is 21.3 Å². The molecule has 0 aliphatic rings. The maximum Gasteiger partial charge on any atom is 0.276 e. The normalized spacial score (nSPS) is 11.2. The van der Waals surface area contributed by atoms with E-state index in [1.165, 1.54) is 4.57 Å². The van der Waals surface area contributed by atoms with Gasteiger partial charge in [-0.3, -0.25) is 14.3 Å². The molecule has 3 heterocycles. The minimum Gasteiger partial charge on any atom is -0.470 e. The molecule has 1 aromatic carbocycles. The summed E-state index contributed by atoms with van der Waals surface area (Å²) < 4.78 is 7.49. The average molecular weight is 555 g/mol. The van der Waals surface area contributed by atoms with Crippen LogP contribution in [0.3, 0.4) is 0 Å². The van der Waals surface area contributed by atoms with Gasteiger partial charge < -0.3 is 4.74 Å². The molecule has 0 amide bonds. The number of ether oxygens (including phenoxy) is 1. The van der Waals surface area contributed by atoms with E-state index >= 15 is 0 Å². The van der Waals surface area contributed by atoms with Crippen LogP contribution in [0, 0.1) is 20.8 Å². The highest BCUT2D eigenvalue weighted by molar-refractivity contribution is 9.10. The molecule has 0 spiro atoms. The second-order valence-corrected chi connectivity index (χ2v) is 9.76. The third-order valence-corrected chi connectivity index (χ3v) is 6.43. The zero-order valence-corrected chi connectivity index (χ0v) is 22.5. The molecule has 0 bridgehead atoms. The topological polar surface area (TPSA) is 82.8 Å². The summed E-state index contributed by atoms with van der Waals surface area (Å²) in [7, 11) is 0. The maximum absolute atomic E-state index is 13.4. The van der Waals surface area contributed by atoms with Gasteiger partial charge in [-0.2, -0.15) is 4.98 Å². The first-order chi connectivity index (χ1) is 16.7. The molecule has 0 radical (unpaired) electrons. The molecule has 0 unspecified atom stereocenters. The summed E-state index contributed by atoms with van der Waals surface area (Å²) in [4.78, 5) is 31.5. The Labute approximate surface area is 217 Å². The summed E-state index contributed by atoms with van der Waals surface area (Å²) in [5.74, 6) is 1.58. The highest BCUT2D eigenvalue weighted by atomic mass is 79.9. The Morgan fingerprint density at radius 2 is 1.86 bits per heavy atom. The van der Waals surface area contributed by atoms with E-state index in [0.717, 1.165) is 34.0 Å². The van der Waals surface area contributed by atoms with Crippen LogP contribution < -0.4 is 10.3 Å². The minimum absolute atomic E-state index is 0.189. The van der Waals surface area contributed by atoms with Crippen molar-refractivity contribution in [3.63, 3.8) is 0 Å². The van der Waals surface area contributed by atoms with Crippen LogP contribution in [0.15, 0.2) is 51.9 Å². The molecule has 0 N–H and O–H groups in total. The Balaban J connectivity index is 1.75. The maximum atomic E-state index is 13.4. The molecule has 0 aliphatic heterocycles. The van der Waals surface area contributed by atoms with Crippen molar-refractivity contribution in [2.75, 3.05) is 0 Å². The van der Waals surface area contributed by atoms with Gasteiger partial charge >= 0.3 is 0 Å². The summed E-state index contributed by atoms with van der Waals surface area (Å²) in [6.45, 7) is 9.89. The molecule has 0 fully saturated rings. The van der Waals surface area contributed by atoms with Crippen molar-refractivity contribution in [1.29, 1.82) is 0 Å². The quantitative estimate of drug-likeness (QED) is 0.285. The lowest BCUT2D eigenvalue weighted by Gasteiger charge is -2.16. The second kappa shape index (κ2) is 10.3. The van der Waals surface area contributed by atoms with Crippen LogP contribution in [0.2, 0.25) is 5.02 Å². The number of aromatic nitrogens is 5. The van der Waals surface area contributed by atoms with Crippen LogP contribution >= 0.6 is 27.5 Å². The monoisotopic (exact) mass is 553 g/mol. The van der Waals surface area contributed by atoms with E-state index < -0.39 is 0 Å². The molecular weight excluding hydrogens is 530 g/mol. The fraction of sp³-hybridized carbons (Fsp3) is 0.269. The first-order valence-electron chi connectivity index (χ1n) is 11.1. The van der Waals surface area contributed by atoms with Gasteiger partial charge in [0.05, 0.1) is 22.1 Å². The molecule has 0 atom stereocenters. The van der Waals surface area contributed by atoms with E-state index in [0.29, 0.717) is 16.5 Å².